The van der Waals surface area contributed by atoms with Crippen LogP contribution in [0.1, 0.15) is 17.3 Å². The molecular formula is C12H10Cl3N3. The van der Waals surface area contributed by atoms with Gasteiger partial charge in [0.1, 0.15) is 0 Å². The summed E-state index contributed by atoms with van der Waals surface area (Å²) in [7, 11) is 0. The van der Waals surface area contributed by atoms with Crippen molar-refractivity contribution in [3.8, 4) is 0 Å². The molecule has 0 bridgehead atoms. The highest BCUT2D eigenvalue weighted by molar-refractivity contribution is 6.34. The number of nitrogens with two attached hydrogens (primary N) is 1. The molecule has 0 fully saturated rings. The Labute approximate surface area is 120 Å². The van der Waals surface area contributed by atoms with Crippen molar-refractivity contribution in [1.29, 1.82) is 0 Å². The molecule has 1 aromatic heterocycles. The number of benzene rings is 1. The van der Waals surface area contributed by atoms with E-state index in [2.05, 4.69) is 10.4 Å². The van der Waals surface area contributed by atoms with Gasteiger partial charge in [-0.15, -0.1) is 0 Å². The lowest BCUT2D eigenvalue weighted by Crippen LogP contribution is -2.29. The minimum Gasteiger partial charge on any atom is -0.271 e. The molecule has 3 N–H and O–H groups in total. The molecule has 6 heteroatoms. The van der Waals surface area contributed by atoms with Gasteiger partial charge in [0, 0.05) is 11.2 Å². The molecule has 0 saturated carbocycles. The van der Waals surface area contributed by atoms with E-state index in [0.29, 0.717) is 20.8 Å². The number of hydrogen-bond acceptors (Lipinski definition) is 3. The average Bonchev–Trinajstić information content (AvgIpc) is 2.35. The Kier molecular flexibility index (Phi) is 4.43. The van der Waals surface area contributed by atoms with Crippen LogP contribution in [0.15, 0.2) is 36.5 Å². The summed E-state index contributed by atoms with van der Waals surface area (Å²) in [6.07, 6.45) is 1.53. The van der Waals surface area contributed by atoms with E-state index < -0.39 is 0 Å². The molecule has 1 atom stereocenters. The number of nitrogens with zero attached hydrogens (tertiary/aromatic N) is 1. The molecule has 0 aliphatic rings. The molecule has 1 aromatic carbocycles. The van der Waals surface area contributed by atoms with Crippen LogP contribution in [0.4, 0.5) is 0 Å². The Balaban J connectivity index is 2.41. The van der Waals surface area contributed by atoms with Crippen LogP contribution in [0.5, 0.6) is 0 Å². The third-order valence-corrected chi connectivity index (χ3v) is 3.24. The van der Waals surface area contributed by atoms with Crippen LogP contribution in [0.25, 0.3) is 0 Å². The number of nitrogens with one attached hydrogen (secondary N) is 1. The van der Waals surface area contributed by atoms with Crippen molar-refractivity contribution < 1.29 is 0 Å². The van der Waals surface area contributed by atoms with Crippen molar-refractivity contribution in [2.75, 3.05) is 0 Å². The molecule has 2 rings (SSSR count). The predicted octanol–water partition coefficient (Wildman–Crippen LogP) is 3.59. The molecule has 1 unspecified atom stereocenters. The maximum absolute atomic E-state index is 6.12. The highest BCUT2D eigenvalue weighted by atomic mass is 35.5. The summed E-state index contributed by atoms with van der Waals surface area (Å²) >= 11 is 17.8. The number of hydrogen-bond donors (Lipinski definition) is 2. The lowest BCUT2D eigenvalue weighted by molar-refractivity contribution is 0.621. The van der Waals surface area contributed by atoms with Gasteiger partial charge in [0.2, 0.25) is 0 Å². The molecule has 0 aliphatic carbocycles. The minimum atomic E-state index is -0.313. The Morgan fingerprint density at radius 3 is 2.28 bits per heavy atom. The smallest absolute Gasteiger partial charge is 0.0896 e. The Morgan fingerprint density at radius 2 is 1.72 bits per heavy atom. The zero-order valence-electron chi connectivity index (χ0n) is 9.20. The van der Waals surface area contributed by atoms with Gasteiger partial charge in [0.05, 0.1) is 21.8 Å². The van der Waals surface area contributed by atoms with Gasteiger partial charge in [0.15, 0.2) is 0 Å². The highest BCUT2D eigenvalue weighted by Gasteiger charge is 2.17. The maximum Gasteiger partial charge on any atom is 0.0896 e. The lowest BCUT2D eigenvalue weighted by atomic mass is 10.0. The highest BCUT2D eigenvalue weighted by Crippen LogP contribution is 2.28. The number of pyridine rings is 1. The van der Waals surface area contributed by atoms with Gasteiger partial charge in [-0.05, 0) is 23.8 Å². The van der Waals surface area contributed by atoms with E-state index in [1.54, 1.807) is 18.2 Å². The monoisotopic (exact) mass is 301 g/mol. The fraction of sp³-hybridized carbons (Fsp3) is 0.0833. The average molecular weight is 303 g/mol. The first-order chi connectivity index (χ1) is 8.61. The number of aromatic nitrogens is 1. The SMILES string of the molecule is NNC(c1ccc(Cl)cc1)c1ncc(Cl)cc1Cl. The number of hydrazine groups is 1. The molecule has 18 heavy (non-hydrogen) atoms. The van der Waals surface area contributed by atoms with Crippen LogP contribution in [0, 0.1) is 0 Å². The molecule has 0 saturated heterocycles. The molecule has 0 aliphatic heterocycles. The molecular weight excluding hydrogens is 293 g/mol. The van der Waals surface area contributed by atoms with Crippen LogP contribution < -0.4 is 11.3 Å². The van der Waals surface area contributed by atoms with E-state index in [0.717, 1.165) is 5.56 Å². The molecule has 3 nitrogen and oxygen atoms in total. The van der Waals surface area contributed by atoms with Crippen molar-refractivity contribution in [1.82, 2.24) is 10.4 Å². The quantitative estimate of drug-likeness (QED) is 0.673. The van der Waals surface area contributed by atoms with E-state index in [9.17, 15) is 0 Å². The standard InChI is InChI=1S/C12H10Cl3N3/c13-8-3-1-7(2-4-8)11(18-16)12-10(15)5-9(14)6-17-12/h1-6,11,18H,16H2. The molecule has 0 amide bonds. The minimum absolute atomic E-state index is 0.313. The summed E-state index contributed by atoms with van der Waals surface area (Å²) in [5.74, 6) is 5.57. The van der Waals surface area contributed by atoms with Crippen LogP contribution in [0.2, 0.25) is 15.1 Å². The number of halogens is 3. The summed E-state index contributed by atoms with van der Waals surface area (Å²) < 4.78 is 0. The Morgan fingerprint density at radius 1 is 1.06 bits per heavy atom. The van der Waals surface area contributed by atoms with Gasteiger partial charge < -0.3 is 0 Å². The van der Waals surface area contributed by atoms with Crippen molar-refractivity contribution in [2.24, 2.45) is 5.84 Å². The first-order valence-corrected chi connectivity index (χ1v) is 6.27. The third kappa shape index (κ3) is 2.94. The topological polar surface area (TPSA) is 50.9 Å². The Bertz CT molecular complexity index is 543. The summed E-state index contributed by atoms with van der Waals surface area (Å²) in [5.41, 5.74) is 4.21. The second-order valence-corrected chi connectivity index (χ2v) is 4.95. The van der Waals surface area contributed by atoms with Crippen LogP contribution >= 0.6 is 34.8 Å². The van der Waals surface area contributed by atoms with Gasteiger partial charge >= 0.3 is 0 Å². The number of rotatable bonds is 3. The molecule has 1 heterocycles. The van der Waals surface area contributed by atoms with Gasteiger partial charge in [-0.3, -0.25) is 10.8 Å². The largest absolute Gasteiger partial charge is 0.271 e. The summed E-state index contributed by atoms with van der Waals surface area (Å²) in [5, 5.41) is 1.60. The second-order valence-electron chi connectivity index (χ2n) is 3.67. The van der Waals surface area contributed by atoms with E-state index in [1.807, 2.05) is 12.1 Å². The zero-order chi connectivity index (χ0) is 13.1. The van der Waals surface area contributed by atoms with Crippen LogP contribution in [-0.4, -0.2) is 4.98 Å². The van der Waals surface area contributed by atoms with Crippen molar-refractivity contribution >= 4 is 34.8 Å². The second kappa shape index (κ2) is 5.87. The predicted molar refractivity (Wildman–Crippen MR) is 74.9 cm³/mol. The first kappa shape index (κ1) is 13.6. The van der Waals surface area contributed by atoms with Gasteiger partial charge in [-0.1, -0.05) is 46.9 Å². The van der Waals surface area contributed by atoms with E-state index >= 15 is 0 Å². The normalized spacial score (nSPS) is 12.4. The first-order valence-electron chi connectivity index (χ1n) is 5.14. The molecule has 94 valence electrons. The van der Waals surface area contributed by atoms with Crippen LogP contribution in [-0.2, 0) is 0 Å². The fourth-order valence-electron chi connectivity index (χ4n) is 1.63. The van der Waals surface area contributed by atoms with Crippen LogP contribution in [0.3, 0.4) is 0 Å². The summed E-state index contributed by atoms with van der Waals surface area (Å²) in [4.78, 5) is 4.21. The fourth-order valence-corrected chi connectivity index (χ4v) is 2.24. The summed E-state index contributed by atoms with van der Waals surface area (Å²) in [6.45, 7) is 0. The van der Waals surface area contributed by atoms with Gasteiger partial charge in [-0.25, -0.2) is 5.43 Å². The molecule has 0 radical (unpaired) electrons. The molecule has 0 spiro atoms. The van der Waals surface area contributed by atoms with Crippen molar-refractivity contribution in [2.45, 2.75) is 6.04 Å². The summed E-state index contributed by atoms with van der Waals surface area (Å²) in [6, 6.07) is 8.60. The van der Waals surface area contributed by atoms with E-state index in [4.69, 9.17) is 40.6 Å². The van der Waals surface area contributed by atoms with E-state index in [-0.39, 0.29) is 6.04 Å². The molecule has 2 aromatic rings. The van der Waals surface area contributed by atoms with Gasteiger partial charge in [-0.2, -0.15) is 0 Å². The van der Waals surface area contributed by atoms with Crippen molar-refractivity contribution in [3.63, 3.8) is 0 Å². The zero-order valence-corrected chi connectivity index (χ0v) is 11.5. The Hall–Kier alpha value is -0.840. The third-order valence-electron chi connectivity index (χ3n) is 2.48. The maximum atomic E-state index is 6.12. The van der Waals surface area contributed by atoms with Gasteiger partial charge in [0.25, 0.3) is 0 Å². The van der Waals surface area contributed by atoms with E-state index in [1.165, 1.54) is 6.20 Å². The van der Waals surface area contributed by atoms with Crippen molar-refractivity contribution in [3.05, 3.63) is 62.9 Å². The lowest BCUT2D eigenvalue weighted by Gasteiger charge is -2.17.